The van der Waals surface area contributed by atoms with Crippen LogP contribution in [0.4, 0.5) is 0 Å². The van der Waals surface area contributed by atoms with Crippen molar-refractivity contribution in [2.45, 2.75) is 39.9 Å². The minimum absolute atomic E-state index is 0.00894. The first-order valence-corrected chi connectivity index (χ1v) is 8.51. The normalized spacial score (nSPS) is 11.0. The molecule has 6 heteroatoms. The van der Waals surface area contributed by atoms with Crippen LogP contribution in [0, 0.1) is 0 Å². The molecule has 0 aliphatic heterocycles. The zero-order valence-corrected chi connectivity index (χ0v) is 14.8. The van der Waals surface area contributed by atoms with E-state index >= 15 is 0 Å². The number of aryl methyl sites for hydroxylation is 1. The average Bonchev–Trinajstić information content (AvgIpc) is 3.30. The Kier molecular flexibility index (Phi) is 4.97. The number of hydrogen-bond acceptors (Lipinski definition) is 3. The minimum atomic E-state index is -0.00894. The molecule has 0 atom stereocenters. The van der Waals surface area contributed by atoms with Gasteiger partial charge in [-0.3, -0.25) is 9.48 Å². The van der Waals surface area contributed by atoms with Gasteiger partial charge in [0.05, 0.1) is 17.4 Å². The first-order valence-electron chi connectivity index (χ1n) is 8.51. The third kappa shape index (κ3) is 3.63. The highest BCUT2D eigenvalue weighted by Crippen LogP contribution is 2.19. The Bertz CT molecular complexity index is 835. The average molecular weight is 337 g/mol. The van der Waals surface area contributed by atoms with Crippen LogP contribution >= 0.6 is 0 Å². The van der Waals surface area contributed by atoms with E-state index in [2.05, 4.69) is 10.2 Å². The summed E-state index contributed by atoms with van der Waals surface area (Å²) < 4.78 is 3.59. The van der Waals surface area contributed by atoms with Gasteiger partial charge in [0.15, 0.2) is 0 Å². The van der Waals surface area contributed by atoms with E-state index in [1.807, 2.05) is 79.3 Å². The van der Waals surface area contributed by atoms with Crippen molar-refractivity contribution in [3.8, 4) is 5.69 Å². The molecule has 2 aromatic heterocycles. The van der Waals surface area contributed by atoms with Crippen LogP contribution in [0.3, 0.4) is 0 Å². The van der Waals surface area contributed by atoms with Gasteiger partial charge in [0.1, 0.15) is 0 Å². The van der Waals surface area contributed by atoms with Crippen molar-refractivity contribution < 1.29 is 4.79 Å². The van der Waals surface area contributed by atoms with Gasteiger partial charge in [-0.2, -0.15) is 10.2 Å². The predicted molar refractivity (Wildman–Crippen MR) is 96.5 cm³/mol. The van der Waals surface area contributed by atoms with Gasteiger partial charge in [-0.1, -0.05) is 12.1 Å². The van der Waals surface area contributed by atoms with E-state index < -0.39 is 0 Å². The van der Waals surface area contributed by atoms with Crippen molar-refractivity contribution in [1.29, 1.82) is 0 Å². The number of amides is 1. The lowest BCUT2D eigenvalue weighted by Gasteiger charge is -2.27. The lowest BCUT2D eigenvalue weighted by molar-refractivity contribution is 0.0690. The molecule has 25 heavy (non-hydrogen) atoms. The molecule has 0 saturated carbocycles. The van der Waals surface area contributed by atoms with Crippen LogP contribution in [-0.2, 0) is 13.1 Å². The van der Waals surface area contributed by atoms with Gasteiger partial charge >= 0.3 is 0 Å². The fourth-order valence-electron chi connectivity index (χ4n) is 2.77. The molecule has 0 aliphatic rings. The molecular formula is C19H23N5O. The third-order valence-corrected chi connectivity index (χ3v) is 4.13. The van der Waals surface area contributed by atoms with Gasteiger partial charge in [-0.25, -0.2) is 4.68 Å². The summed E-state index contributed by atoms with van der Waals surface area (Å²) in [7, 11) is 0. The van der Waals surface area contributed by atoms with E-state index in [1.54, 1.807) is 10.9 Å². The molecule has 0 N–H and O–H groups in total. The zero-order valence-electron chi connectivity index (χ0n) is 14.8. The Hall–Kier alpha value is -2.89. The molecule has 0 saturated heterocycles. The molecule has 130 valence electrons. The summed E-state index contributed by atoms with van der Waals surface area (Å²) in [6.07, 6.45) is 7.37. The van der Waals surface area contributed by atoms with Crippen molar-refractivity contribution in [2.75, 3.05) is 0 Å². The summed E-state index contributed by atoms with van der Waals surface area (Å²) in [5, 5.41) is 8.57. The van der Waals surface area contributed by atoms with Gasteiger partial charge < -0.3 is 4.90 Å². The van der Waals surface area contributed by atoms with Crippen molar-refractivity contribution in [3.05, 3.63) is 66.2 Å². The molecule has 0 spiro atoms. The van der Waals surface area contributed by atoms with Crippen LogP contribution in [-0.4, -0.2) is 36.4 Å². The third-order valence-electron chi connectivity index (χ3n) is 4.13. The number of benzene rings is 1. The number of nitrogens with zero attached hydrogens (tertiary/aromatic N) is 5. The van der Waals surface area contributed by atoms with Crippen molar-refractivity contribution in [1.82, 2.24) is 24.5 Å². The SMILES string of the molecule is CCn1cc(CN(C(=O)c2ccccc2-n2cccn2)C(C)C)cn1. The summed E-state index contributed by atoms with van der Waals surface area (Å²) in [6, 6.07) is 9.48. The van der Waals surface area contributed by atoms with E-state index in [9.17, 15) is 4.79 Å². The van der Waals surface area contributed by atoms with Crippen LogP contribution in [0.2, 0.25) is 0 Å². The van der Waals surface area contributed by atoms with Gasteiger partial charge in [-0.05, 0) is 39.0 Å². The maximum absolute atomic E-state index is 13.2. The maximum Gasteiger partial charge on any atom is 0.256 e. The van der Waals surface area contributed by atoms with Gasteiger partial charge in [0.25, 0.3) is 5.91 Å². The predicted octanol–water partition coefficient (Wildman–Crippen LogP) is 3.14. The number of aromatic nitrogens is 4. The van der Waals surface area contributed by atoms with E-state index in [0.717, 1.165) is 17.8 Å². The molecule has 1 amide bonds. The van der Waals surface area contributed by atoms with Crippen LogP contribution < -0.4 is 0 Å². The highest BCUT2D eigenvalue weighted by Gasteiger charge is 2.22. The second-order valence-corrected chi connectivity index (χ2v) is 6.20. The molecule has 3 aromatic rings. The molecular weight excluding hydrogens is 314 g/mol. The van der Waals surface area contributed by atoms with E-state index in [-0.39, 0.29) is 11.9 Å². The smallest absolute Gasteiger partial charge is 0.256 e. The van der Waals surface area contributed by atoms with Crippen LogP contribution in [0.5, 0.6) is 0 Å². The first-order chi connectivity index (χ1) is 12.1. The second-order valence-electron chi connectivity index (χ2n) is 6.20. The summed E-state index contributed by atoms with van der Waals surface area (Å²) in [4.78, 5) is 15.1. The summed E-state index contributed by atoms with van der Waals surface area (Å²) in [6.45, 7) is 7.45. The van der Waals surface area contributed by atoms with Gasteiger partial charge in [0.2, 0.25) is 0 Å². The molecule has 0 unspecified atom stereocenters. The van der Waals surface area contributed by atoms with Gasteiger partial charge in [0, 0.05) is 43.3 Å². The highest BCUT2D eigenvalue weighted by atomic mass is 16.2. The van der Waals surface area contributed by atoms with Crippen LogP contribution in [0.1, 0.15) is 36.7 Å². The molecule has 1 aromatic carbocycles. The van der Waals surface area contributed by atoms with Crippen LogP contribution in [0.25, 0.3) is 5.69 Å². The summed E-state index contributed by atoms with van der Waals surface area (Å²) in [5.74, 6) is -0.00894. The quantitative estimate of drug-likeness (QED) is 0.694. The minimum Gasteiger partial charge on any atom is -0.332 e. The molecule has 0 radical (unpaired) electrons. The maximum atomic E-state index is 13.2. The van der Waals surface area contributed by atoms with E-state index in [1.165, 1.54) is 0 Å². The Morgan fingerprint density at radius 1 is 1.20 bits per heavy atom. The fourth-order valence-corrected chi connectivity index (χ4v) is 2.77. The monoisotopic (exact) mass is 337 g/mol. The lowest BCUT2D eigenvalue weighted by Crippen LogP contribution is -2.36. The Morgan fingerprint density at radius 3 is 2.64 bits per heavy atom. The Balaban J connectivity index is 1.91. The fraction of sp³-hybridized carbons (Fsp3) is 0.316. The molecule has 3 rings (SSSR count). The molecule has 6 nitrogen and oxygen atoms in total. The number of hydrogen-bond donors (Lipinski definition) is 0. The second kappa shape index (κ2) is 7.34. The van der Waals surface area contributed by atoms with E-state index in [4.69, 9.17) is 0 Å². The highest BCUT2D eigenvalue weighted by molar-refractivity contribution is 5.97. The first kappa shape index (κ1) is 17.0. The molecule has 2 heterocycles. The topological polar surface area (TPSA) is 56.0 Å². The summed E-state index contributed by atoms with van der Waals surface area (Å²) in [5.41, 5.74) is 2.45. The van der Waals surface area contributed by atoms with Gasteiger partial charge in [-0.15, -0.1) is 0 Å². The number of carbonyl (C=O) groups excluding carboxylic acids is 1. The summed E-state index contributed by atoms with van der Waals surface area (Å²) >= 11 is 0. The standard InChI is InChI=1S/C19H23N5O/c1-4-22-13-16(12-21-22)14-23(15(2)3)19(25)17-8-5-6-9-18(17)24-11-7-10-20-24/h5-13,15H,4,14H2,1-3H3. The largest absolute Gasteiger partial charge is 0.332 e. The molecule has 0 bridgehead atoms. The molecule has 0 aliphatic carbocycles. The number of rotatable bonds is 6. The van der Waals surface area contributed by atoms with Crippen molar-refractivity contribution in [2.24, 2.45) is 0 Å². The Morgan fingerprint density at radius 2 is 2.00 bits per heavy atom. The lowest BCUT2D eigenvalue weighted by atomic mass is 10.1. The van der Waals surface area contributed by atoms with Crippen molar-refractivity contribution in [3.63, 3.8) is 0 Å². The number of carbonyl (C=O) groups is 1. The van der Waals surface area contributed by atoms with Crippen molar-refractivity contribution >= 4 is 5.91 Å². The Labute approximate surface area is 147 Å². The number of para-hydroxylation sites is 1. The van der Waals surface area contributed by atoms with E-state index in [0.29, 0.717) is 12.1 Å². The van der Waals surface area contributed by atoms with Crippen LogP contribution in [0.15, 0.2) is 55.1 Å². The molecule has 0 fully saturated rings. The zero-order chi connectivity index (χ0) is 17.8.